The van der Waals surface area contributed by atoms with Gasteiger partial charge in [0.25, 0.3) is 0 Å². The molecule has 2 rings (SSSR count). The summed E-state index contributed by atoms with van der Waals surface area (Å²) in [6.45, 7) is 0.218. The van der Waals surface area contributed by atoms with Crippen molar-refractivity contribution >= 4 is 0 Å². The molecule has 2 nitrogen and oxygen atoms in total. The molecular formula is C17H14F2O2. The summed E-state index contributed by atoms with van der Waals surface area (Å²) in [5.41, 5.74) is 1.63. The molecule has 0 aliphatic heterocycles. The Morgan fingerprint density at radius 3 is 2.62 bits per heavy atom. The van der Waals surface area contributed by atoms with Gasteiger partial charge >= 0.3 is 0 Å². The summed E-state index contributed by atoms with van der Waals surface area (Å²) >= 11 is 0. The van der Waals surface area contributed by atoms with Crippen LogP contribution in [0.2, 0.25) is 0 Å². The highest BCUT2D eigenvalue weighted by molar-refractivity contribution is 5.41. The van der Waals surface area contributed by atoms with Gasteiger partial charge in [0.05, 0.1) is 6.61 Å². The van der Waals surface area contributed by atoms with Gasteiger partial charge in [0, 0.05) is 23.6 Å². The highest BCUT2D eigenvalue weighted by Crippen LogP contribution is 2.18. The molecule has 0 saturated carbocycles. The third-order valence-electron chi connectivity index (χ3n) is 2.76. The molecule has 0 aromatic heterocycles. The minimum atomic E-state index is -0.941. The topological polar surface area (TPSA) is 29.5 Å². The first-order valence-corrected chi connectivity index (χ1v) is 6.46. The molecule has 0 radical (unpaired) electrons. The summed E-state index contributed by atoms with van der Waals surface area (Å²) in [6.07, 6.45) is 0.401. The second-order valence-corrected chi connectivity index (χ2v) is 4.30. The standard InChI is InChI=1S/C17H14F2O2/c18-16-9-8-15(11-17(16)19)21-12-14-7-2-1-5-13(14)6-3-4-10-20/h1-2,5,7-9,11,20H,4,10,12H2. The molecule has 0 heterocycles. The lowest BCUT2D eigenvalue weighted by molar-refractivity contribution is 0.303. The van der Waals surface area contributed by atoms with Crippen LogP contribution in [0.1, 0.15) is 17.5 Å². The molecule has 0 bridgehead atoms. The molecule has 0 fully saturated rings. The molecule has 2 aromatic carbocycles. The molecule has 2 aromatic rings. The Bertz CT molecular complexity index is 672. The van der Waals surface area contributed by atoms with Crippen molar-refractivity contribution in [3.63, 3.8) is 0 Å². The van der Waals surface area contributed by atoms with Crippen LogP contribution < -0.4 is 4.74 Å². The average molecular weight is 288 g/mol. The monoisotopic (exact) mass is 288 g/mol. The fraction of sp³-hybridized carbons (Fsp3) is 0.176. The fourth-order valence-corrected chi connectivity index (χ4v) is 1.71. The van der Waals surface area contributed by atoms with Crippen LogP contribution in [0.3, 0.4) is 0 Å². The predicted molar refractivity (Wildman–Crippen MR) is 75.7 cm³/mol. The molecule has 0 aliphatic carbocycles. The maximum absolute atomic E-state index is 13.1. The quantitative estimate of drug-likeness (QED) is 0.875. The van der Waals surface area contributed by atoms with E-state index in [4.69, 9.17) is 9.84 Å². The van der Waals surface area contributed by atoms with Crippen LogP contribution in [-0.4, -0.2) is 11.7 Å². The Balaban J connectivity index is 2.09. The van der Waals surface area contributed by atoms with E-state index in [9.17, 15) is 8.78 Å². The molecule has 0 amide bonds. The zero-order valence-corrected chi connectivity index (χ0v) is 11.3. The number of benzene rings is 2. The Kier molecular flexibility index (Phi) is 5.30. The van der Waals surface area contributed by atoms with E-state index in [-0.39, 0.29) is 19.0 Å². The molecular weight excluding hydrogens is 274 g/mol. The van der Waals surface area contributed by atoms with Crippen molar-refractivity contribution in [2.24, 2.45) is 0 Å². The third kappa shape index (κ3) is 4.30. The number of aliphatic hydroxyl groups excluding tert-OH is 1. The van der Waals surface area contributed by atoms with Crippen LogP contribution in [0.5, 0.6) is 5.75 Å². The van der Waals surface area contributed by atoms with Gasteiger partial charge in [-0.25, -0.2) is 8.78 Å². The maximum Gasteiger partial charge on any atom is 0.162 e. The summed E-state index contributed by atoms with van der Waals surface area (Å²) < 4.78 is 31.4. The Hall–Kier alpha value is -2.38. The Labute approximate surface area is 122 Å². The molecule has 21 heavy (non-hydrogen) atoms. The van der Waals surface area contributed by atoms with E-state index in [0.717, 1.165) is 23.3 Å². The van der Waals surface area contributed by atoms with E-state index in [0.29, 0.717) is 6.42 Å². The van der Waals surface area contributed by atoms with Crippen LogP contribution >= 0.6 is 0 Å². The number of ether oxygens (including phenoxy) is 1. The molecule has 108 valence electrons. The van der Waals surface area contributed by atoms with E-state index in [1.165, 1.54) is 6.07 Å². The second-order valence-electron chi connectivity index (χ2n) is 4.30. The van der Waals surface area contributed by atoms with Gasteiger partial charge < -0.3 is 9.84 Å². The Morgan fingerprint density at radius 1 is 1.05 bits per heavy atom. The van der Waals surface area contributed by atoms with E-state index < -0.39 is 11.6 Å². The normalized spacial score (nSPS) is 9.86. The summed E-state index contributed by atoms with van der Waals surface area (Å²) in [5.74, 6) is 4.20. The number of aliphatic hydroxyl groups is 1. The van der Waals surface area contributed by atoms with Gasteiger partial charge in [-0.1, -0.05) is 30.0 Å². The second kappa shape index (κ2) is 7.41. The molecule has 0 atom stereocenters. The van der Waals surface area contributed by atoms with Crippen LogP contribution in [-0.2, 0) is 6.61 Å². The van der Waals surface area contributed by atoms with Gasteiger partial charge in [-0.2, -0.15) is 0 Å². The maximum atomic E-state index is 13.1. The van der Waals surface area contributed by atoms with Crippen molar-refractivity contribution in [3.8, 4) is 17.6 Å². The number of halogens is 2. The SMILES string of the molecule is OCCC#Cc1ccccc1COc1ccc(F)c(F)c1. The molecule has 0 aliphatic rings. The van der Waals surface area contributed by atoms with Gasteiger partial charge in [-0.3, -0.25) is 0 Å². The van der Waals surface area contributed by atoms with Crippen LogP contribution in [0.15, 0.2) is 42.5 Å². The minimum Gasteiger partial charge on any atom is -0.489 e. The molecule has 1 N–H and O–H groups in total. The Morgan fingerprint density at radius 2 is 1.86 bits per heavy atom. The first-order chi connectivity index (χ1) is 10.2. The molecule has 4 heteroatoms. The molecule has 0 unspecified atom stereocenters. The van der Waals surface area contributed by atoms with E-state index >= 15 is 0 Å². The zero-order chi connectivity index (χ0) is 15.1. The van der Waals surface area contributed by atoms with E-state index in [1.807, 2.05) is 24.3 Å². The summed E-state index contributed by atoms with van der Waals surface area (Å²) in [6, 6.07) is 10.8. The molecule has 0 spiro atoms. The summed E-state index contributed by atoms with van der Waals surface area (Å²) in [5, 5.41) is 8.72. The van der Waals surface area contributed by atoms with Crippen LogP contribution in [0.25, 0.3) is 0 Å². The summed E-state index contributed by atoms with van der Waals surface area (Å²) in [4.78, 5) is 0. The third-order valence-corrected chi connectivity index (χ3v) is 2.76. The van der Waals surface area contributed by atoms with Gasteiger partial charge in [0.2, 0.25) is 0 Å². The number of rotatable bonds is 4. The van der Waals surface area contributed by atoms with Crippen molar-refractivity contribution in [3.05, 3.63) is 65.2 Å². The lowest BCUT2D eigenvalue weighted by atomic mass is 10.1. The predicted octanol–water partition coefficient (Wildman–Crippen LogP) is 3.28. The van der Waals surface area contributed by atoms with Crippen molar-refractivity contribution in [1.82, 2.24) is 0 Å². The van der Waals surface area contributed by atoms with Gasteiger partial charge in [-0.05, 0) is 18.2 Å². The largest absolute Gasteiger partial charge is 0.489 e. The van der Waals surface area contributed by atoms with E-state index in [2.05, 4.69) is 11.8 Å². The minimum absolute atomic E-state index is 0.0144. The summed E-state index contributed by atoms with van der Waals surface area (Å²) in [7, 11) is 0. The number of hydrogen-bond donors (Lipinski definition) is 1. The van der Waals surface area contributed by atoms with Crippen molar-refractivity contribution in [2.45, 2.75) is 13.0 Å². The molecule has 0 saturated heterocycles. The van der Waals surface area contributed by atoms with Gasteiger partial charge in [-0.15, -0.1) is 0 Å². The fourth-order valence-electron chi connectivity index (χ4n) is 1.71. The lowest BCUT2D eigenvalue weighted by Gasteiger charge is -2.08. The van der Waals surface area contributed by atoms with Gasteiger partial charge in [0.15, 0.2) is 11.6 Å². The van der Waals surface area contributed by atoms with E-state index in [1.54, 1.807) is 0 Å². The van der Waals surface area contributed by atoms with Crippen molar-refractivity contribution < 1.29 is 18.6 Å². The average Bonchev–Trinajstić information content (AvgIpc) is 2.50. The van der Waals surface area contributed by atoms with Crippen molar-refractivity contribution in [2.75, 3.05) is 6.61 Å². The number of hydrogen-bond acceptors (Lipinski definition) is 2. The smallest absolute Gasteiger partial charge is 0.162 e. The highest BCUT2D eigenvalue weighted by Gasteiger charge is 2.05. The zero-order valence-electron chi connectivity index (χ0n) is 11.3. The lowest BCUT2D eigenvalue weighted by Crippen LogP contribution is -1.99. The highest BCUT2D eigenvalue weighted by atomic mass is 19.2. The first kappa shape index (κ1) is 15.0. The first-order valence-electron chi connectivity index (χ1n) is 6.46. The van der Waals surface area contributed by atoms with Crippen molar-refractivity contribution in [1.29, 1.82) is 0 Å². The van der Waals surface area contributed by atoms with Gasteiger partial charge in [0.1, 0.15) is 12.4 Å². The van der Waals surface area contributed by atoms with Crippen LogP contribution in [0, 0.1) is 23.5 Å². The van der Waals surface area contributed by atoms with Crippen LogP contribution in [0.4, 0.5) is 8.78 Å².